The van der Waals surface area contributed by atoms with Crippen LogP contribution in [0.5, 0.6) is 5.75 Å². The van der Waals surface area contributed by atoms with Crippen LogP contribution in [0.15, 0.2) is 24.3 Å². The van der Waals surface area contributed by atoms with Gasteiger partial charge in [0.25, 0.3) is 0 Å². The Morgan fingerprint density at radius 2 is 1.80 bits per heavy atom. The van der Waals surface area contributed by atoms with E-state index >= 15 is 0 Å². The molecule has 2 atom stereocenters. The molecule has 3 nitrogen and oxygen atoms in total. The number of benzene rings is 1. The minimum atomic E-state index is -0.480. The van der Waals surface area contributed by atoms with Crippen molar-refractivity contribution in [3.63, 3.8) is 0 Å². The molecule has 0 spiro atoms. The summed E-state index contributed by atoms with van der Waals surface area (Å²) in [7, 11) is 0. The predicted molar refractivity (Wildman–Crippen MR) is 84.4 cm³/mol. The Morgan fingerprint density at radius 3 is 2.30 bits per heavy atom. The molecule has 0 aliphatic carbocycles. The minimum Gasteiger partial charge on any atom is -0.491 e. The lowest BCUT2D eigenvalue weighted by Crippen LogP contribution is -2.36. The Balaban J connectivity index is 2.38. The highest BCUT2D eigenvalue weighted by Gasteiger charge is 2.13. The normalized spacial score (nSPS) is 14.9. The number of aliphatic hydroxyl groups excluding tert-OH is 1. The maximum atomic E-state index is 9.85. The van der Waals surface area contributed by atoms with E-state index in [1.165, 1.54) is 5.56 Å². The summed E-state index contributed by atoms with van der Waals surface area (Å²) in [5.41, 5.74) is 1.43. The monoisotopic (exact) mass is 279 g/mol. The first-order valence-electron chi connectivity index (χ1n) is 7.47. The van der Waals surface area contributed by atoms with Crippen LogP contribution in [0.4, 0.5) is 0 Å². The highest BCUT2D eigenvalue weighted by atomic mass is 16.5. The number of hydrogen-bond acceptors (Lipinski definition) is 3. The lowest BCUT2D eigenvalue weighted by molar-refractivity contribution is 0.104. The predicted octanol–water partition coefficient (Wildman–Crippen LogP) is 3.11. The first-order valence-corrected chi connectivity index (χ1v) is 7.47. The average Bonchev–Trinajstić information content (AvgIpc) is 2.41. The second kappa shape index (κ2) is 7.65. The van der Waals surface area contributed by atoms with Crippen molar-refractivity contribution in [2.24, 2.45) is 0 Å². The van der Waals surface area contributed by atoms with E-state index in [0.717, 1.165) is 12.2 Å². The highest BCUT2D eigenvalue weighted by Crippen LogP contribution is 2.24. The van der Waals surface area contributed by atoms with Crippen LogP contribution in [0, 0.1) is 0 Å². The molecular weight excluding hydrogens is 250 g/mol. The van der Waals surface area contributed by atoms with Crippen molar-refractivity contribution in [2.45, 2.75) is 58.6 Å². The van der Waals surface area contributed by atoms with Gasteiger partial charge in [-0.1, -0.05) is 39.8 Å². The van der Waals surface area contributed by atoms with Crippen LogP contribution in [0.25, 0.3) is 0 Å². The molecule has 2 unspecified atom stereocenters. The second-order valence-corrected chi connectivity index (χ2v) is 6.46. The van der Waals surface area contributed by atoms with E-state index in [4.69, 9.17) is 4.74 Å². The lowest BCUT2D eigenvalue weighted by Gasteiger charge is -2.20. The average molecular weight is 279 g/mol. The van der Waals surface area contributed by atoms with E-state index < -0.39 is 6.10 Å². The van der Waals surface area contributed by atoms with Crippen LogP contribution >= 0.6 is 0 Å². The van der Waals surface area contributed by atoms with E-state index in [1.54, 1.807) is 0 Å². The van der Waals surface area contributed by atoms with Gasteiger partial charge >= 0.3 is 0 Å². The molecule has 0 fully saturated rings. The van der Waals surface area contributed by atoms with E-state index in [-0.39, 0.29) is 5.41 Å². The molecule has 0 aliphatic heterocycles. The molecule has 1 aromatic carbocycles. The van der Waals surface area contributed by atoms with Crippen molar-refractivity contribution < 1.29 is 9.84 Å². The fraction of sp³-hybridized carbons (Fsp3) is 0.647. The largest absolute Gasteiger partial charge is 0.491 e. The first kappa shape index (κ1) is 17.0. The van der Waals surface area contributed by atoms with Crippen LogP contribution in [-0.2, 0) is 5.41 Å². The molecule has 20 heavy (non-hydrogen) atoms. The zero-order valence-electron chi connectivity index (χ0n) is 13.4. The Bertz CT molecular complexity index is 381. The summed E-state index contributed by atoms with van der Waals surface area (Å²) in [5.74, 6) is 0.806. The molecule has 0 aromatic heterocycles. The van der Waals surface area contributed by atoms with Gasteiger partial charge in [-0.05, 0) is 36.5 Å². The number of ether oxygens (including phenoxy) is 1. The lowest BCUT2D eigenvalue weighted by atomic mass is 9.87. The van der Waals surface area contributed by atoms with Crippen molar-refractivity contribution in [2.75, 3.05) is 13.2 Å². The molecule has 0 heterocycles. The molecule has 0 aliphatic rings. The van der Waals surface area contributed by atoms with Gasteiger partial charge in [0.1, 0.15) is 18.5 Å². The first-order chi connectivity index (χ1) is 9.32. The summed E-state index contributed by atoms with van der Waals surface area (Å²) < 4.78 is 5.61. The minimum absolute atomic E-state index is 0.151. The molecule has 1 rings (SSSR count). The Kier molecular flexibility index (Phi) is 6.50. The van der Waals surface area contributed by atoms with Gasteiger partial charge in [0.05, 0.1) is 0 Å². The van der Waals surface area contributed by atoms with Crippen molar-refractivity contribution in [3.8, 4) is 5.75 Å². The number of hydrogen-bond donors (Lipinski definition) is 2. The molecule has 1 aromatic rings. The molecular formula is C17H29NO2. The molecule has 0 radical (unpaired) electrons. The van der Waals surface area contributed by atoms with Gasteiger partial charge < -0.3 is 15.2 Å². The fourth-order valence-corrected chi connectivity index (χ4v) is 1.78. The Labute approximate surface area is 123 Å². The Morgan fingerprint density at radius 1 is 1.20 bits per heavy atom. The molecule has 0 saturated carbocycles. The highest BCUT2D eigenvalue weighted by molar-refractivity contribution is 5.31. The number of nitrogens with one attached hydrogen (secondary N) is 1. The van der Waals surface area contributed by atoms with Gasteiger partial charge in [-0.3, -0.25) is 0 Å². The van der Waals surface area contributed by atoms with Crippen molar-refractivity contribution in [3.05, 3.63) is 29.8 Å². The van der Waals surface area contributed by atoms with Crippen LogP contribution in [0.3, 0.4) is 0 Å². The topological polar surface area (TPSA) is 41.5 Å². The van der Waals surface area contributed by atoms with Gasteiger partial charge in [-0.25, -0.2) is 0 Å². The number of aliphatic hydroxyl groups is 1. The fourth-order valence-electron chi connectivity index (χ4n) is 1.78. The standard InChI is InChI=1S/C17H29NO2/c1-6-13(2)18-11-15(19)12-20-16-9-7-14(8-10-16)17(3,4)5/h7-10,13,15,18-19H,6,11-12H2,1-5H3. The summed E-state index contributed by atoms with van der Waals surface area (Å²) in [6.45, 7) is 11.7. The van der Waals surface area contributed by atoms with E-state index in [9.17, 15) is 5.11 Å². The van der Waals surface area contributed by atoms with Gasteiger partial charge in [0.2, 0.25) is 0 Å². The van der Waals surface area contributed by atoms with Crippen LogP contribution < -0.4 is 10.1 Å². The van der Waals surface area contributed by atoms with Crippen molar-refractivity contribution in [1.29, 1.82) is 0 Å². The summed E-state index contributed by atoms with van der Waals surface area (Å²) in [5, 5.41) is 13.1. The zero-order valence-corrected chi connectivity index (χ0v) is 13.4. The summed E-state index contributed by atoms with van der Waals surface area (Å²) in [6.07, 6.45) is 0.577. The van der Waals surface area contributed by atoms with Gasteiger partial charge in [0.15, 0.2) is 0 Å². The smallest absolute Gasteiger partial charge is 0.119 e. The van der Waals surface area contributed by atoms with Crippen LogP contribution in [0.2, 0.25) is 0 Å². The SMILES string of the molecule is CCC(C)NCC(O)COc1ccc(C(C)(C)C)cc1. The molecule has 0 bridgehead atoms. The third-order valence-electron chi connectivity index (χ3n) is 3.48. The third kappa shape index (κ3) is 5.93. The Hall–Kier alpha value is -1.06. The molecule has 0 saturated heterocycles. The van der Waals surface area contributed by atoms with Crippen molar-refractivity contribution in [1.82, 2.24) is 5.32 Å². The molecule has 114 valence electrons. The van der Waals surface area contributed by atoms with E-state index in [1.807, 2.05) is 12.1 Å². The third-order valence-corrected chi connectivity index (χ3v) is 3.48. The molecule has 0 amide bonds. The van der Waals surface area contributed by atoms with Crippen LogP contribution in [-0.4, -0.2) is 30.4 Å². The maximum absolute atomic E-state index is 9.85. The number of rotatable bonds is 7. The van der Waals surface area contributed by atoms with Crippen molar-refractivity contribution >= 4 is 0 Å². The quantitative estimate of drug-likeness (QED) is 0.806. The van der Waals surface area contributed by atoms with E-state index in [0.29, 0.717) is 19.2 Å². The van der Waals surface area contributed by atoms with Gasteiger partial charge in [-0.15, -0.1) is 0 Å². The zero-order chi connectivity index (χ0) is 15.2. The maximum Gasteiger partial charge on any atom is 0.119 e. The summed E-state index contributed by atoms with van der Waals surface area (Å²) in [4.78, 5) is 0. The van der Waals surface area contributed by atoms with E-state index in [2.05, 4.69) is 52.1 Å². The second-order valence-electron chi connectivity index (χ2n) is 6.46. The molecule has 3 heteroatoms. The van der Waals surface area contributed by atoms with Gasteiger partial charge in [-0.2, -0.15) is 0 Å². The summed E-state index contributed by atoms with van der Waals surface area (Å²) in [6, 6.07) is 8.53. The molecule has 2 N–H and O–H groups in total. The summed E-state index contributed by atoms with van der Waals surface area (Å²) >= 11 is 0. The van der Waals surface area contributed by atoms with Crippen LogP contribution in [0.1, 0.15) is 46.6 Å². The van der Waals surface area contributed by atoms with Gasteiger partial charge in [0, 0.05) is 12.6 Å².